The molecule has 0 aliphatic carbocycles. The van der Waals surface area contributed by atoms with Crippen LogP contribution < -0.4 is 5.32 Å². The molecule has 0 bridgehead atoms. The highest BCUT2D eigenvalue weighted by molar-refractivity contribution is 5.92. The number of carbonyl (C=O) groups excluding carboxylic acids is 5. The molecule has 5 atom stereocenters. The van der Waals surface area contributed by atoms with Gasteiger partial charge in [-0.2, -0.15) is 0 Å². The largest absolute Gasteiger partial charge is 0.463 e. The standard InChI is InChI=1S/C19H22N2O13/c1-8(22)29-7-13-16(30-9(2)23)17(31-10(3)24)15(19(34-13)32-11(4)25)20-18(26)12-5-6-14(33-12)21(27)28/h5-6,13,15-17,19H,7H2,1-4H3,(H,20,26)/t13-,15+,16-,17-,19-/m0/s1. The van der Waals surface area contributed by atoms with E-state index in [0.717, 1.165) is 39.8 Å². The zero-order valence-corrected chi connectivity index (χ0v) is 18.5. The Balaban J connectivity index is 2.44. The zero-order chi connectivity index (χ0) is 25.6. The van der Waals surface area contributed by atoms with Crippen molar-refractivity contribution in [2.24, 2.45) is 0 Å². The summed E-state index contributed by atoms with van der Waals surface area (Å²) in [5.74, 6) is -5.44. The van der Waals surface area contributed by atoms with E-state index in [1.807, 2.05) is 0 Å². The summed E-state index contributed by atoms with van der Waals surface area (Å²) in [6.07, 6.45) is -5.78. The van der Waals surface area contributed by atoms with E-state index in [9.17, 15) is 34.1 Å². The minimum Gasteiger partial charge on any atom is -0.463 e. The molecule has 1 saturated heterocycles. The van der Waals surface area contributed by atoms with Gasteiger partial charge < -0.3 is 33.4 Å². The van der Waals surface area contributed by atoms with Crippen molar-refractivity contribution in [3.63, 3.8) is 0 Å². The van der Waals surface area contributed by atoms with Crippen LogP contribution in [0, 0.1) is 10.1 Å². The van der Waals surface area contributed by atoms with Gasteiger partial charge in [-0.25, -0.2) is 0 Å². The van der Waals surface area contributed by atoms with Crippen LogP contribution >= 0.6 is 0 Å². The molecule has 0 saturated carbocycles. The van der Waals surface area contributed by atoms with Gasteiger partial charge in [-0.15, -0.1) is 0 Å². The lowest BCUT2D eigenvalue weighted by molar-refractivity contribution is -0.402. The molecule has 0 aromatic carbocycles. The van der Waals surface area contributed by atoms with Crippen molar-refractivity contribution in [1.29, 1.82) is 0 Å². The molecule has 1 amide bonds. The number of nitrogens with one attached hydrogen (secondary N) is 1. The second-order valence-electron chi connectivity index (χ2n) is 7.00. The number of hydrogen-bond acceptors (Lipinski definition) is 13. The predicted octanol–water partition coefficient (Wildman–Crippen LogP) is 0.000700. The van der Waals surface area contributed by atoms with Crippen molar-refractivity contribution >= 4 is 35.7 Å². The summed E-state index contributed by atoms with van der Waals surface area (Å²) >= 11 is 0. The maximum atomic E-state index is 12.7. The van der Waals surface area contributed by atoms with E-state index < -0.39 is 83.6 Å². The van der Waals surface area contributed by atoms with Gasteiger partial charge >= 0.3 is 29.8 Å². The molecular weight excluding hydrogens is 464 g/mol. The third kappa shape index (κ3) is 6.99. The Morgan fingerprint density at radius 2 is 1.53 bits per heavy atom. The lowest BCUT2D eigenvalue weighted by Gasteiger charge is -2.44. The number of nitrogens with zero attached hydrogens (tertiary/aromatic N) is 1. The summed E-state index contributed by atoms with van der Waals surface area (Å²) in [6, 6.07) is 0.490. The van der Waals surface area contributed by atoms with Crippen molar-refractivity contribution < 1.29 is 57.0 Å². The third-order valence-corrected chi connectivity index (χ3v) is 4.28. The normalized spacial score (nSPS) is 23.8. The van der Waals surface area contributed by atoms with Crippen molar-refractivity contribution in [2.45, 2.75) is 58.3 Å². The zero-order valence-electron chi connectivity index (χ0n) is 18.5. The van der Waals surface area contributed by atoms with Gasteiger partial charge in [0.25, 0.3) is 5.91 Å². The summed E-state index contributed by atoms with van der Waals surface area (Å²) in [5, 5.41) is 13.2. The second kappa shape index (κ2) is 11.2. The van der Waals surface area contributed by atoms with Crippen molar-refractivity contribution in [1.82, 2.24) is 5.32 Å². The molecule has 186 valence electrons. The Bertz CT molecular complexity index is 971. The SMILES string of the molecule is CC(=O)OC[C@@H]1O[C@H](OC(C)=O)[C@H](NC(=O)c2ccc([N+](=O)[O-])o2)[C@H](OC(C)=O)[C@H]1OC(C)=O. The Kier molecular flexibility index (Phi) is 8.66. The van der Waals surface area contributed by atoms with Crippen LogP contribution in [0.2, 0.25) is 0 Å². The van der Waals surface area contributed by atoms with E-state index in [4.69, 9.17) is 28.1 Å². The van der Waals surface area contributed by atoms with Crippen LogP contribution in [-0.2, 0) is 42.9 Å². The summed E-state index contributed by atoms with van der Waals surface area (Å²) in [4.78, 5) is 69.2. The predicted molar refractivity (Wildman–Crippen MR) is 105 cm³/mol. The smallest absolute Gasteiger partial charge is 0.433 e. The molecule has 1 aromatic heterocycles. The molecule has 0 radical (unpaired) electrons. The molecule has 1 aromatic rings. The van der Waals surface area contributed by atoms with Gasteiger partial charge in [0.2, 0.25) is 6.29 Å². The van der Waals surface area contributed by atoms with E-state index >= 15 is 0 Å². The van der Waals surface area contributed by atoms with Crippen LogP contribution in [0.1, 0.15) is 38.2 Å². The van der Waals surface area contributed by atoms with Crippen molar-refractivity contribution in [3.05, 3.63) is 28.0 Å². The first-order valence-electron chi connectivity index (χ1n) is 9.74. The van der Waals surface area contributed by atoms with Gasteiger partial charge in [-0.3, -0.25) is 34.1 Å². The first-order chi connectivity index (χ1) is 15.9. The lowest BCUT2D eigenvalue weighted by Crippen LogP contribution is -2.67. The number of rotatable bonds is 8. The van der Waals surface area contributed by atoms with Gasteiger partial charge in [0.1, 0.15) is 23.7 Å². The Morgan fingerprint density at radius 3 is 2.03 bits per heavy atom. The van der Waals surface area contributed by atoms with Crippen LogP contribution in [0.25, 0.3) is 0 Å². The second-order valence-corrected chi connectivity index (χ2v) is 7.00. The Morgan fingerprint density at radius 1 is 0.941 bits per heavy atom. The molecular formula is C19H22N2O13. The number of amides is 1. The molecule has 15 heteroatoms. The fourth-order valence-corrected chi connectivity index (χ4v) is 3.09. The Hall–Kier alpha value is -4.01. The van der Waals surface area contributed by atoms with Crippen LogP contribution in [0.4, 0.5) is 5.88 Å². The number of carbonyl (C=O) groups is 5. The number of hydrogen-bond donors (Lipinski definition) is 1. The highest BCUT2D eigenvalue weighted by Crippen LogP contribution is 2.28. The molecule has 1 aliphatic heterocycles. The van der Waals surface area contributed by atoms with Gasteiger partial charge in [0.15, 0.2) is 18.0 Å². The van der Waals surface area contributed by atoms with Crippen LogP contribution in [0.15, 0.2) is 16.5 Å². The minimum atomic E-state index is -1.61. The molecule has 0 unspecified atom stereocenters. The summed E-state index contributed by atoms with van der Waals surface area (Å²) < 4.78 is 31.0. The molecule has 0 spiro atoms. The van der Waals surface area contributed by atoms with Crippen LogP contribution in [-0.4, -0.2) is 72.0 Å². The maximum absolute atomic E-state index is 12.7. The molecule has 1 fully saturated rings. The first kappa shape index (κ1) is 26.2. The maximum Gasteiger partial charge on any atom is 0.433 e. The van der Waals surface area contributed by atoms with Gasteiger partial charge in [0, 0.05) is 27.7 Å². The average molecular weight is 486 g/mol. The number of furan rings is 1. The summed E-state index contributed by atoms with van der Waals surface area (Å²) in [5.41, 5.74) is 0. The fourth-order valence-electron chi connectivity index (χ4n) is 3.09. The third-order valence-electron chi connectivity index (χ3n) is 4.28. The number of esters is 4. The number of ether oxygens (including phenoxy) is 5. The van der Waals surface area contributed by atoms with E-state index in [1.54, 1.807) is 0 Å². The van der Waals surface area contributed by atoms with E-state index in [1.165, 1.54) is 0 Å². The summed E-state index contributed by atoms with van der Waals surface area (Å²) in [7, 11) is 0. The number of nitro groups is 1. The summed E-state index contributed by atoms with van der Waals surface area (Å²) in [6.45, 7) is 3.77. The minimum absolute atomic E-state index is 0.478. The Labute approximate surface area is 191 Å². The van der Waals surface area contributed by atoms with Gasteiger partial charge in [-0.05, 0) is 6.07 Å². The van der Waals surface area contributed by atoms with Gasteiger partial charge in [-0.1, -0.05) is 0 Å². The quantitative estimate of drug-likeness (QED) is 0.223. The molecule has 1 N–H and O–H groups in total. The van der Waals surface area contributed by atoms with Crippen LogP contribution in [0.3, 0.4) is 0 Å². The van der Waals surface area contributed by atoms with Crippen molar-refractivity contribution in [2.75, 3.05) is 6.61 Å². The van der Waals surface area contributed by atoms with E-state index in [2.05, 4.69) is 5.32 Å². The van der Waals surface area contributed by atoms with Crippen LogP contribution in [0.5, 0.6) is 0 Å². The molecule has 34 heavy (non-hydrogen) atoms. The topological polar surface area (TPSA) is 200 Å². The highest BCUT2D eigenvalue weighted by Gasteiger charge is 2.52. The van der Waals surface area contributed by atoms with Gasteiger partial charge in [0.05, 0.1) is 6.07 Å². The first-order valence-corrected chi connectivity index (χ1v) is 9.74. The molecule has 15 nitrogen and oxygen atoms in total. The van der Waals surface area contributed by atoms with E-state index in [-0.39, 0.29) is 0 Å². The lowest BCUT2D eigenvalue weighted by atomic mass is 9.96. The molecule has 2 heterocycles. The molecule has 1 aliphatic rings. The monoisotopic (exact) mass is 486 g/mol. The highest BCUT2D eigenvalue weighted by atomic mass is 16.7. The molecule has 2 rings (SSSR count). The van der Waals surface area contributed by atoms with Crippen molar-refractivity contribution in [3.8, 4) is 0 Å². The fraction of sp³-hybridized carbons (Fsp3) is 0.526. The van der Waals surface area contributed by atoms with E-state index in [0.29, 0.717) is 0 Å². The average Bonchev–Trinajstić information content (AvgIpc) is 3.20.